The van der Waals surface area contributed by atoms with Gasteiger partial charge in [-0.1, -0.05) is 13.3 Å². The molecule has 2 rings (SSSR count). The van der Waals surface area contributed by atoms with Gasteiger partial charge in [0.25, 0.3) is 5.56 Å². The molecule has 0 aliphatic carbocycles. The summed E-state index contributed by atoms with van der Waals surface area (Å²) < 4.78 is 1.18. The lowest BCUT2D eigenvalue weighted by Gasteiger charge is -2.13. The smallest absolute Gasteiger partial charge is 0.326 e. The summed E-state index contributed by atoms with van der Waals surface area (Å²) >= 11 is 1.35. The largest absolute Gasteiger partial charge is 0.480 e. The summed E-state index contributed by atoms with van der Waals surface area (Å²) in [7, 11) is 0. The molecule has 7 nitrogen and oxygen atoms in total. The molecule has 0 spiro atoms. The van der Waals surface area contributed by atoms with E-state index >= 15 is 0 Å². The highest BCUT2D eigenvalue weighted by Crippen LogP contribution is 2.13. The van der Waals surface area contributed by atoms with Crippen LogP contribution in [-0.2, 0) is 16.1 Å². The minimum Gasteiger partial charge on any atom is -0.480 e. The molecule has 2 aromatic heterocycles. The molecule has 2 heterocycles. The summed E-state index contributed by atoms with van der Waals surface area (Å²) in [6, 6.07) is 0.719. The van der Waals surface area contributed by atoms with Crippen molar-refractivity contribution >= 4 is 33.4 Å². The molecule has 0 aliphatic heterocycles. The van der Waals surface area contributed by atoms with E-state index in [0.717, 1.165) is 0 Å². The number of aliphatic carboxylic acids is 1. The second-order valence-electron chi connectivity index (χ2n) is 4.56. The third-order valence-corrected chi connectivity index (χ3v) is 3.80. The van der Waals surface area contributed by atoms with Gasteiger partial charge < -0.3 is 10.4 Å². The third-order valence-electron chi connectivity index (χ3n) is 2.98. The van der Waals surface area contributed by atoms with Gasteiger partial charge >= 0.3 is 5.97 Å². The zero-order chi connectivity index (χ0) is 15.4. The second-order valence-corrected chi connectivity index (χ2v) is 5.46. The fourth-order valence-corrected chi connectivity index (χ4v) is 2.67. The molecule has 0 unspecified atom stereocenters. The Kier molecular flexibility index (Phi) is 4.69. The number of carboxylic acid groups (broad SMARTS) is 1. The van der Waals surface area contributed by atoms with Crippen LogP contribution in [0.25, 0.3) is 10.2 Å². The van der Waals surface area contributed by atoms with E-state index in [4.69, 9.17) is 5.11 Å². The Bertz CT molecular complexity index is 722. The molecule has 0 fully saturated rings. The van der Waals surface area contributed by atoms with E-state index < -0.39 is 17.9 Å². The number of thiophene rings is 1. The first-order chi connectivity index (χ1) is 10.0. The van der Waals surface area contributed by atoms with Crippen LogP contribution in [-0.4, -0.2) is 32.6 Å². The van der Waals surface area contributed by atoms with Crippen molar-refractivity contribution in [1.82, 2.24) is 14.9 Å². The first-order valence-corrected chi connectivity index (χ1v) is 7.35. The third kappa shape index (κ3) is 3.46. The Morgan fingerprint density at radius 2 is 2.29 bits per heavy atom. The van der Waals surface area contributed by atoms with Gasteiger partial charge in [-0.05, 0) is 17.9 Å². The van der Waals surface area contributed by atoms with Gasteiger partial charge in [0.2, 0.25) is 5.91 Å². The van der Waals surface area contributed by atoms with Crippen LogP contribution in [0.4, 0.5) is 0 Å². The maximum atomic E-state index is 12.1. The molecular weight excluding hydrogens is 294 g/mol. The number of hydrogen-bond donors (Lipinski definition) is 2. The minimum atomic E-state index is -1.08. The van der Waals surface area contributed by atoms with Crippen LogP contribution in [0.1, 0.15) is 19.8 Å². The molecule has 0 saturated heterocycles. The monoisotopic (exact) mass is 309 g/mol. The second kappa shape index (κ2) is 6.49. The number of aromatic nitrogens is 2. The van der Waals surface area contributed by atoms with Crippen molar-refractivity contribution in [1.29, 1.82) is 0 Å². The van der Waals surface area contributed by atoms with Crippen molar-refractivity contribution in [3.05, 3.63) is 28.1 Å². The van der Waals surface area contributed by atoms with E-state index in [1.807, 2.05) is 6.92 Å². The number of fused-ring (bicyclic) bond motifs is 1. The summed E-state index contributed by atoms with van der Waals surface area (Å²) in [5, 5.41) is 13.6. The average Bonchev–Trinajstić information content (AvgIpc) is 2.90. The molecule has 21 heavy (non-hydrogen) atoms. The summed E-state index contributed by atoms with van der Waals surface area (Å²) in [5.41, 5.74) is -0.307. The van der Waals surface area contributed by atoms with Gasteiger partial charge in [-0.3, -0.25) is 14.2 Å². The normalized spacial score (nSPS) is 12.2. The van der Waals surface area contributed by atoms with Gasteiger partial charge in [-0.15, -0.1) is 11.3 Å². The molecule has 0 radical (unpaired) electrons. The Morgan fingerprint density at radius 1 is 1.52 bits per heavy atom. The van der Waals surface area contributed by atoms with Crippen LogP contribution < -0.4 is 10.9 Å². The Hall–Kier alpha value is -2.22. The highest BCUT2D eigenvalue weighted by molar-refractivity contribution is 7.16. The molecule has 0 aliphatic rings. The number of carboxylic acids is 1. The van der Waals surface area contributed by atoms with E-state index in [0.29, 0.717) is 23.1 Å². The maximum absolute atomic E-state index is 12.1. The quantitative estimate of drug-likeness (QED) is 0.823. The molecule has 1 atom stereocenters. The molecule has 2 N–H and O–H groups in total. The van der Waals surface area contributed by atoms with Gasteiger partial charge in [0.15, 0.2) is 0 Å². The highest BCUT2D eigenvalue weighted by Gasteiger charge is 2.19. The Labute approximate surface area is 124 Å². The molecule has 0 bridgehead atoms. The Morgan fingerprint density at radius 3 is 2.95 bits per heavy atom. The fourth-order valence-electron chi connectivity index (χ4n) is 1.95. The van der Waals surface area contributed by atoms with Crippen LogP contribution in [0.2, 0.25) is 0 Å². The number of hydrogen-bond acceptors (Lipinski definition) is 5. The van der Waals surface area contributed by atoms with Crippen molar-refractivity contribution < 1.29 is 14.7 Å². The zero-order valence-corrected chi connectivity index (χ0v) is 12.2. The van der Waals surface area contributed by atoms with Crippen LogP contribution >= 0.6 is 11.3 Å². The fraction of sp³-hybridized carbons (Fsp3) is 0.385. The van der Waals surface area contributed by atoms with Crippen molar-refractivity contribution in [2.75, 3.05) is 0 Å². The molecule has 2 aromatic rings. The number of nitrogens with zero attached hydrogens (tertiary/aromatic N) is 2. The van der Waals surface area contributed by atoms with E-state index in [1.165, 1.54) is 22.2 Å². The van der Waals surface area contributed by atoms with Crippen LogP contribution in [0, 0.1) is 0 Å². The summed E-state index contributed by atoms with van der Waals surface area (Å²) in [5.74, 6) is -1.60. The molecular formula is C13H15N3O4S. The van der Waals surface area contributed by atoms with Gasteiger partial charge in [0, 0.05) is 0 Å². The highest BCUT2D eigenvalue weighted by atomic mass is 32.1. The maximum Gasteiger partial charge on any atom is 0.326 e. The lowest BCUT2D eigenvalue weighted by Crippen LogP contribution is -2.43. The first-order valence-electron chi connectivity index (χ1n) is 6.47. The van der Waals surface area contributed by atoms with Crippen molar-refractivity contribution in [2.24, 2.45) is 0 Å². The van der Waals surface area contributed by atoms with Gasteiger partial charge in [0.05, 0.1) is 11.7 Å². The first kappa shape index (κ1) is 15.2. The molecule has 0 saturated carbocycles. The average molecular weight is 309 g/mol. The van der Waals surface area contributed by atoms with Crippen LogP contribution in [0.3, 0.4) is 0 Å². The van der Waals surface area contributed by atoms with E-state index in [9.17, 15) is 14.4 Å². The predicted octanol–water partition coefficient (Wildman–Crippen LogP) is 0.827. The number of rotatable bonds is 6. The lowest BCUT2D eigenvalue weighted by atomic mass is 10.1. The summed E-state index contributed by atoms with van der Waals surface area (Å²) in [6.07, 6.45) is 2.29. The molecule has 0 aromatic carbocycles. The molecule has 1 amide bonds. The number of amides is 1. The van der Waals surface area contributed by atoms with Gasteiger partial charge in [0.1, 0.15) is 17.4 Å². The van der Waals surface area contributed by atoms with Gasteiger partial charge in [-0.25, -0.2) is 9.78 Å². The summed E-state index contributed by atoms with van der Waals surface area (Å²) in [4.78, 5) is 39.7. The number of carbonyl (C=O) groups is 2. The number of nitrogens with one attached hydrogen (secondary N) is 1. The molecule has 112 valence electrons. The minimum absolute atomic E-state index is 0.245. The predicted molar refractivity (Wildman–Crippen MR) is 78.4 cm³/mol. The molecule has 8 heteroatoms. The van der Waals surface area contributed by atoms with Crippen molar-refractivity contribution in [2.45, 2.75) is 32.4 Å². The van der Waals surface area contributed by atoms with Gasteiger partial charge in [-0.2, -0.15) is 0 Å². The van der Waals surface area contributed by atoms with Crippen LogP contribution in [0.5, 0.6) is 0 Å². The zero-order valence-electron chi connectivity index (χ0n) is 11.4. The topological polar surface area (TPSA) is 101 Å². The van der Waals surface area contributed by atoms with Crippen LogP contribution in [0.15, 0.2) is 22.6 Å². The lowest BCUT2D eigenvalue weighted by molar-refractivity contribution is -0.142. The van der Waals surface area contributed by atoms with E-state index in [2.05, 4.69) is 10.3 Å². The van der Waals surface area contributed by atoms with E-state index in [1.54, 1.807) is 11.4 Å². The SMILES string of the molecule is CCC[C@H](NC(=O)Cn1cnc2sccc2c1=O)C(=O)O. The number of carbonyl (C=O) groups excluding carboxylic acids is 1. The van der Waals surface area contributed by atoms with Crippen molar-refractivity contribution in [3.63, 3.8) is 0 Å². The van der Waals surface area contributed by atoms with Crippen molar-refractivity contribution in [3.8, 4) is 0 Å². The standard InChI is InChI=1S/C13H15N3O4S/c1-2-3-9(13(19)20)15-10(17)6-16-7-14-11-8(12(16)18)4-5-21-11/h4-5,7,9H,2-3,6H2,1H3,(H,15,17)(H,19,20)/t9-/m0/s1. The summed E-state index contributed by atoms with van der Waals surface area (Å²) in [6.45, 7) is 1.59. The Balaban J connectivity index is 2.12. The van der Waals surface area contributed by atoms with E-state index in [-0.39, 0.29) is 12.1 Å².